The third kappa shape index (κ3) is 6.39. The van der Waals surface area contributed by atoms with Crippen LogP contribution in [0.2, 0.25) is 10.0 Å². The molecule has 1 saturated heterocycles. The fourth-order valence-corrected chi connectivity index (χ4v) is 6.50. The van der Waals surface area contributed by atoms with E-state index in [0.29, 0.717) is 35.8 Å². The molecule has 1 N–H and O–H groups in total. The van der Waals surface area contributed by atoms with E-state index in [1.54, 1.807) is 18.2 Å². The van der Waals surface area contributed by atoms with E-state index in [-0.39, 0.29) is 21.2 Å². The molecular weight excluding hydrogens is 573 g/mol. The number of nitrogens with zero attached hydrogens (tertiary/aromatic N) is 2. The maximum atomic E-state index is 13.6. The average Bonchev–Trinajstić information content (AvgIpc) is 2.97. The van der Waals surface area contributed by atoms with Gasteiger partial charge < -0.3 is 24.5 Å². The molecule has 0 bridgehead atoms. The first-order valence-electron chi connectivity index (χ1n) is 12.7. The Kier molecular flexibility index (Phi) is 10.3. The zero-order valence-corrected chi connectivity index (χ0v) is 24.8. The largest absolute Gasteiger partial charge is 0.466 e. The maximum absolute atomic E-state index is 13.6. The number of esters is 2. The van der Waals surface area contributed by atoms with Crippen molar-refractivity contribution in [2.24, 2.45) is 0 Å². The fraction of sp³-hybridized carbons (Fsp3) is 0.345. The van der Waals surface area contributed by atoms with Crippen molar-refractivity contribution in [2.75, 3.05) is 53.2 Å². The zero-order chi connectivity index (χ0) is 28.8. The van der Waals surface area contributed by atoms with Crippen LogP contribution < -0.4 is 5.32 Å². The average molecular weight is 605 g/mol. The molecule has 2 aliphatic rings. The van der Waals surface area contributed by atoms with E-state index < -0.39 is 23.9 Å². The van der Waals surface area contributed by atoms with Gasteiger partial charge in [-0.15, -0.1) is 11.8 Å². The molecule has 0 saturated carbocycles. The van der Waals surface area contributed by atoms with Crippen molar-refractivity contribution in [3.05, 3.63) is 86.7 Å². The number of rotatable bonds is 9. The Morgan fingerprint density at radius 1 is 0.975 bits per heavy atom. The van der Waals surface area contributed by atoms with Crippen molar-refractivity contribution >= 4 is 53.2 Å². The van der Waals surface area contributed by atoms with Gasteiger partial charge in [0.15, 0.2) is 0 Å². The molecule has 2 aliphatic heterocycles. The number of carbonyl (C=O) groups is 3. The fourth-order valence-electron chi connectivity index (χ4n) is 4.99. The van der Waals surface area contributed by atoms with E-state index in [1.165, 1.54) is 26.0 Å². The van der Waals surface area contributed by atoms with Gasteiger partial charge in [0.05, 0.1) is 37.0 Å². The number of thioether (sulfide) groups is 1. The van der Waals surface area contributed by atoms with Crippen LogP contribution in [0.3, 0.4) is 0 Å². The Hall–Kier alpha value is -2.82. The van der Waals surface area contributed by atoms with Crippen LogP contribution in [0.5, 0.6) is 0 Å². The normalized spacial score (nSPS) is 19.2. The summed E-state index contributed by atoms with van der Waals surface area (Å²) in [6, 6.07) is 13.9. The van der Waals surface area contributed by atoms with Crippen LogP contribution in [0.1, 0.15) is 11.5 Å². The maximum Gasteiger partial charge on any atom is 0.336 e. The molecule has 212 valence electrons. The third-order valence-corrected chi connectivity index (χ3v) is 8.76. The first kappa shape index (κ1) is 30.1. The number of ether oxygens (including phenoxy) is 2. The lowest BCUT2D eigenvalue weighted by molar-refractivity contribution is -0.137. The number of hydrogen-bond donors (Lipinski definition) is 1. The summed E-state index contributed by atoms with van der Waals surface area (Å²) in [5.74, 6) is -2.08. The van der Waals surface area contributed by atoms with E-state index in [1.807, 2.05) is 42.3 Å². The van der Waals surface area contributed by atoms with Gasteiger partial charge >= 0.3 is 11.9 Å². The molecule has 0 aromatic heterocycles. The second kappa shape index (κ2) is 13.7. The number of carbonyl (C=O) groups excluding carboxylic acids is 3. The molecule has 0 aliphatic carbocycles. The van der Waals surface area contributed by atoms with Crippen molar-refractivity contribution in [3.63, 3.8) is 0 Å². The van der Waals surface area contributed by atoms with Crippen LogP contribution in [0.25, 0.3) is 0 Å². The number of benzene rings is 2. The Morgan fingerprint density at radius 2 is 1.57 bits per heavy atom. The van der Waals surface area contributed by atoms with Gasteiger partial charge in [-0.1, -0.05) is 47.5 Å². The van der Waals surface area contributed by atoms with E-state index in [9.17, 15) is 14.4 Å². The highest BCUT2D eigenvalue weighted by Crippen LogP contribution is 2.46. The van der Waals surface area contributed by atoms with Crippen molar-refractivity contribution in [3.8, 4) is 0 Å². The Labute approximate surface area is 248 Å². The van der Waals surface area contributed by atoms with E-state index >= 15 is 0 Å². The molecule has 11 heteroatoms. The molecule has 1 fully saturated rings. The summed E-state index contributed by atoms with van der Waals surface area (Å²) in [6.45, 7) is 2.73. The van der Waals surface area contributed by atoms with Gasteiger partial charge in [0.2, 0.25) is 0 Å². The van der Waals surface area contributed by atoms with Crippen LogP contribution in [-0.4, -0.2) is 87.3 Å². The highest BCUT2D eigenvalue weighted by atomic mass is 35.5. The number of nitrogens with one attached hydrogen (secondary N) is 1. The second-order valence-electron chi connectivity index (χ2n) is 9.42. The lowest BCUT2D eigenvalue weighted by Crippen LogP contribution is -2.53. The van der Waals surface area contributed by atoms with E-state index in [0.717, 1.165) is 24.3 Å². The van der Waals surface area contributed by atoms with Crippen molar-refractivity contribution < 1.29 is 23.9 Å². The van der Waals surface area contributed by atoms with Gasteiger partial charge in [-0.05, 0) is 31.3 Å². The Bertz CT molecular complexity index is 1310. The highest BCUT2D eigenvalue weighted by Gasteiger charge is 2.44. The van der Waals surface area contributed by atoms with Gasteiger partial charge in [-0.3, -0.25) is 4.90 Å². The lowest BCUT2D eigenvalue weighted by Gasteiger charge is -2.40. The number of piperazine rings is 1. The minimum Gasteiger partial charge on any atom is -0.466 e. The monoisotopic (exact) mass is 603 g/mol. The third-order valence-electron chi connectivity index (χ3n) is 7.06. The molecule has 0 amide bonds. The first-order valence-corrected chi connectivity index (χ1v) is 14.4. The number of hydrogen-bond acceptors (Lipinski definition) is 9. The van der Waals surface area contributed by atoms with Gasteiger partial charge in [0.25, 0.3) is 0 Å². The van der Waals surface area contributed by atoms with Crippen LogP contribution >= 0.6 is 35.0 Å². The van der Waals surface area contributed by atoms with Crippen LogP contribution in [-0.2, 0) is 23.9 Å². The summed E-state index contributed by atoms with van der Waals surface area (Å²) in [7, 11) is 4.55. The molecule has 0 radical (unpaired) electrons. The number of likely N-dealkylation sites (N-methyl/N-ethyl adjacent to an activating group) is 1. The van der Waals surface area contributed by atoms with E-state index in [2.05, 4.69) is 10.2 Å². The minimum atomic E-state index is -1.04. The molecule has 2 atom stereocenters. The summed E-state index contributed by atoms with van der Waals surface area (Å²) < 4.78 is 10.5. The van der Waals surface area contributed by atoms with Gasteiger partial charge in [0.1, 0.15) is 12.3 Å². The highest BCUT2D eigenvalue weighted by molar-refractivity contribution is 7.99. The van der Waals surface area contributed by atoms with Crippen LogP contribution in [0, 0.1) is 0 Å². The molecule has 0 spiro atoms. The van der Waals surface area contributed by atoms with Crippen molar-refractivity contribution in [1.29, 1.82) is 0 Å². The zero-order valence-electron chi connectivity index (χ0n) is 22.5. The SMILES string of the molecule is COC(=O)C1=C(CSc2ccccc2)NC(C(C=O)N2CCN(C)CC2)=C(C(=O)OC)C1c1c(Cl)cccc1Cl. The topological polar surface area (TPSA) is 88.2 Å². The van der Waals surface area contributed by atoms with Crippen LogP contribution in [0.15, 0.2) is 76.0 Å². The molecule has 4 rings (SSSR count). The van der Waals surface area contributed by atoms with E-state index in [4.69, 9.17) is 32.7 Å². The molecule has 8 nitrogen and oxygen atoms in total. The lowest BCUT2D eigenvalue weighted by atomic mass is 9.79. The Morgan fingerprint density at radius 3 is 2.15 bits per heavy atom. The smallest absolute Gasteiger partial charge is 0.336 e. The number of aldehydes is 1. The van der Waals surface area contributed by atoms with Crippen molar-refractivity contribution in [1.82, 2.24) is 15.1 Å². The predicted molar refractivity (Wildman–Crippen MR) is 157 cm³/mol. The molecule has 2 aromatic carbocycles. The number of methoxy groups -OCH3 is 2. The summed E-state index contributed by atoms with van der Waals surface area (Å²) >= 11 is 14.9. The molecule has 2 aromatic rings. The summed E-state index contributed by atoms with van der Waals surface area (Å²) in [5, 5.41) is 3.84. The van der Waals surface area contributed by atoms with Gasteiger partial charge in [0, 0.05) is 58.1 Å². The molecular formula is C29H31Cl2N3O5S. The van der Waals surface area contributed by atoms with Gasteiger partial charge in [-0.25, -0.2) is 9.59 Å². The number of halogens is 2. The predicted octanol–water partition coefficient (Wildman–Crippen LogP) is 4.14. The number of dihydropyridines is 1. The molecule has 2 unspecified atom stereocenters. The first-order chi connectivity index (χ1) is 19.3. The van der Waals surface area contributed by atoms with Gasteiger partial charge in [-0.2, -0.15) is 0 Å². The molecule has 40 heavy (non-hydrogen) atoms. The standard InChI is InChI=1S/C29H31Cl2N3O5S/c1-33-12-14-34(15-13-33)22(16-35)27-26(29(37)39-3)25(23-19(30)10-7-11-20(23)31)24(28(36)38-2)21(32-27)17-40-18-8-5-4-6-9-18/h4-11,16,22,25,32H,12-15,17H2,1-3H3. The van der Waals surface area contributed by atoms with Crippen molar-refractivity contribution in [2.45, 2.75) is 16.9 Å². The Balaban J connectivity index is 1.95. The quantitative estimate of drug-likeness (QED) is 0.258. The second-order valence-corrected chi connectivity index (χ2v) is 11.3. The summed E-state index contributed by atoms with van der Waals surface area (Å²) in [5.41, 5.74) is 1.44. The van der Waals surface area contributed by atoms with Crippen LogP contribution in [0.4, 0.5) is 0 Å². The summed E-state index contributed by atoms with van der Waals surface area (Å²) in [4.78, 5) is 44.9. The molecule has 2 heterocycles. The summed E-state index contributed by atoms with van der Waals surface area (Å²) in [6.07, 6.45) is 0.812. The minimum absolute atomic E-state index is 0.0855.